The molecule has 104 valence electrons. The van der Waals surface area contributed by atoms with Gasteiger partial charge in [0, 0.05) is 19.6 Å². The van der Waals surface area contributed by atoms with Gasteiger partial charge in [-0.2, -0.15) is 0 Å². The van der Waals surface area contributed by atoms with Crippen LogP contribution in [0.15, 0.2) is 18.3 Å². The zero-order chi connectivity index (χ0) is 13.1. The van der Waals surface area contributed by atoms with Crippen molar-refractivity contribution < 1.29 is 0 Å². The lowest BCUT2D eigenvalue weighted by Gasteiger charge is -2.45. The summed E-state index contributed by atoms with van der Waals surface area (Å²) in [4.78, 5) is 6.90. The average molecular weight is 259 g/mol. The van der Waals surface area contributed by atoms with Gasteiger partial charge in [0.1, 0.15) is 0 Å². The summed E-state index contributed by atoms with van der Waals surface area (Å²) < 4.78 is 0. The lowest BCUT2D eigenvalue weighted by molar-refractivity contribution is 0.144. The third-order valence-electron chi connectivity index (χ3n) is 5.12. The second-order valence-electron chi connectivity index (χ2n) is 6.26. The summed E-state index contributed by atoms with van der Waals surface area (Å²) in [6.45, 7) is 2.93. The highest BCUT2D eigenvalue weighted by molar-refractivity contribution is 5.45. The first-order chi connectivity index (χ1) is 9.31. The first-order valence-corrected chi connectivity index (χ1v) is 7.71. The molecule has 1 saturated heterocycles. The molecule has 0 unspecified atom stereocenters. The van der Waals surface area contributed by atoms with Crippen molar-refractivity contribution in [3.8, 4) is 0 Å². The number of anilines is 1. The summed E-state index contributed by atoms with van der Waals surface area (Å²) in [7, 11) is 0. The Morgan fingerprint density at radius 1 is 1.05 bits per heavy atom. The second kappa shape index (κ2) is 5.49. The van der Waals surface area contributed by atoms with Crippen LogP contribution in [0.3, 0.4) is 0 Å². The Kier molecular flexibility index (Phi) is 3.74. The maximum atomic E-state index is 5.60. The molecule has 19 heavy (non-hydrogen) atoms. The van der Waals surface area contributed by atoms with Crippen LogP contribution in [-0.4, -0.2) is 18.1 Å². The monoisotopic (exact) mass is 259 g/mol. The Labute approximate surface area is 116 Å². The van der Waals surface area contributed by atoms with Crippen molar-refractivity contribution >= 4 is 5.69 Å². The summed E-state index contributed by atoms with van der Waals surface area (Å²) in [5.41, 5.74) is 8.52. The van der Waals surface area contributed by atoms with Gasteiger partial charge in [-0.25, -0.2) is 0 Å². The highest BCUT2D eigenvalue weighted by atomic mass is 15.1. The lowest BCUT2D eigenvalue weighted by Crippen LogP contribution is -2.41. The number of piperidine rings is 1. The SMILES string of the molecule is NCc1ccc(N2CCC3(CCCCC3)CC2)cn1. The summed E-state index contributed by atoms with van der Waals surface area (Å²) in [6, 6.07) is 4.23. The van der Waals surface area contributed by atoms with Crippen LogP contribution in [-0.2, 0) is 6.54 Å². The number of hydrogen-bond donors (Lipinski definition) is 1. The van der Waals surface area contributed by atoms with Crippen LogP contribution < -0.4 is 10.6 Å². The molecule has 1 aromatic rings. The van der Waals surface area contributed by atoms with Gasteiger partial charge >= 0.3 is 0 Å². The second-order valence-corrected chi connectivity index (χ2v) is 6.26. The van der Waals surface area contributed by atoms with E-state index in [1.165, 1.54) is 63.7 Å². The van der Waals surface area contributed by atoms with E-state index in [1.807, 2.05) is 6.20 Å². The van der Waals surface area contributed by atoms with Crippen LogP contribution in [0, 0.1) is 5.41 Å². The van der Waals surface area contributed by atoms with Crippen LogP contribution in [0.4, 0.5) is 5.69 Å². The Hall–Kier alpha value is -1.09. The number of hydrogen-bond acceptors (Lipinski definition) is 3. The van der Waals surface area contributed by atoms with Gasteiger partial charge in [-0.15, -0.1) is 0 Å². The molecule has 3 heteroatoms. The van der Waals surface area contributed by atoms with Crippen molar-refractivity contribution in [1.29, 1.82) is 0 Å². The third-order valence-corrected chi connectivity index (χ3v) is 5.12. The topological polar surface area (TPSA) is 42.1 Å². The predicted octanol–water partition coefficient (Wildman–Crippen LogP) is 3.09. The highest BCUT2D eigenvalue weighted by Gasteiger charge is 2.35. The minimum absolute atomic E-state index is 0.531. The van der Waals surface area contributed by atoms with Gasteiger partial charge in [-0.3, -0.25) is 4.98 Å². The van der Waals surface area contributed by atoms with Gasteiger partial charge in [0.25, 0.3) is 0 Å². The molecule has 2 aliphatic rings. The van der Waals surface area contributed by atoms with Crippen molar-refractivity contribution in [1.82, 2.24) is 4.98 Å². The zero-order valence-electron chi connectivity index (χ0n) is 11.8. The maximum absolute atomic E-state index is 5.60. The normalized spacial score (nSPS) is 22.7. The van der Waals surface area contributed by atoms with Gasteiger partial charge in [-0.05, 0) is 43.2 Å². The molecular formula is C16H25N3. The summed E-state index contributed by atoms with van der Waals surface area (Å²) in [6.07, 6.45) is 12.0. The van der Waals surface area contributed by atoms with E-state index in [9.17, 15) is 0 Å². The van der Waals surface area contributed by atoms with Gasteiger partial charge < -0.3 is 10.6 Å². The summed E-state index contributed by atoms with van der Waals surface area (Å²) >= 11 is 0. The number of rotatable bonds is 2. The van der Waals surface area contributed by atoms with Crippen molar-refractivity contribution in [3.05, 3.63) is 24.0 Å². The van der Waals surface area contributed by atoms with Crippen LogP contribution in [0.1, 0.15) is 50.6 Å². The molecule has 2 N–H and O–H groups in total. The smallest absolute Gasteiger partial charge is 0.0552 e. The lowest BCUT2D eigenvalue weighted by atomic mass is 9.68. The molecule has 3 rings (SSSR count). The van der Waals surface area contributed by atoms with E-state index in [1.54, 1.807) is 0 Å². The van der Waals surface area contributed by atoms with E-state index in [0.717, 1.165) is 5.69 Å². The number of nitrogens with two attached hydrogens (primary N) is 1. The maximum Gasteiger partial charge on any atom is 0.0552 e. The molecule has 0 radical (unpaired) electrons. The van der Waals surface area contributed by atoms with Gasteiger partial charge in [0.15, 0.2) is 0 Å². The predicted molar refractivity (Wildman–Crippen MR) is 79.1 cm³/mol. The third kappa shape index (κ3) is 2.76. The van der Waals surface area contributed by atoms with E-state index >= 15 is 0 Å². The minimum Gasteiger partial charge on any atom is -0.370 e. The zero-order valence-corrected chi connectivity index (χ0v) is 11.8. The molecule has 2 heterocycles. The first kappa shape index (κ1) is 12.9. The Morgan fingerprint density at radius 3 is 2.37 bits per heavy atom. The molecule has 0 aromatic carbocycles. The van der Waals surface area contributed by atoms with Gasteiger partial charge in [0.05, 0.1) is 17.6 Å². The highest BCUT2D eigenvalue weighted by Crippen LogP contribution is 2.44. The van der Waals surface area contributed by atoms with Crippen LogP contribution in [0.2, 0.25) is 0 Å². The number of nitrogens with zero attached hydrogens (tertiary/aromatic N) is 2. The number of aromatic nitrogens is 1. The fourth-order valence-corrected chi connectivity index (χ4v) is 3.77. The summed E-state index contributed by atoms with van der Waals surface area (Å²) in [5.74, 6) is 0. The van der Waals surface area contributed by atoms with E-state index in [0.29, 0.717) is 12.0 Å². The van der Waals surface area contributed by atoms with Gasteiger partial charge in [-0.1, -0.05) is 19.3 Å². The Bertz CT molecular complexity index is 397. The average Bonchev–Trinajstić information content (AvgIpc) is 2.49. The standard InChI is InChI=1S/C16H25N3/c17-12-14-4-5-15(13-18-14)19-10-8-16(9-11-19)6-2-1-3-7-16/h4-5,13H,1-3,6-12,17H2. The van der Waals surface area contributed by atoms with Crippen LogP contribution >= 0.6 is 0 Å². The van der Waals surface area contributed by atoms with Crippen molar-refractivity contribution in [2.75, 3.05) is 18.0 Å². The minimum atomic E-state index is 0.531. The molecule has 0 atom stereocenters. The molecule has 1 spiro atoms. The summed E-state index contributed by atoms with van der Waals surface area (Å²) in [5, 5.41) is 0. The fourth-order valence-electron chi connectivity index (χ4n) is 3.77. The molecule has 2 fully saturated rings. The molecule has 0 amide bonds. The van der Waals surface area contributed by atoms with Crippen molar-refractivity contribution in [2.24, 2.45) is 11.1 Å². The Morgan fingerprint density at radius 2 is 1.79 bits per heavy atom. The van der Waals surface area contributed by atoms with E-state index < -0.39 is 0 Å². The molecule has 1 aliphatic carbocycles. The van der Waals surface area contributed by atoms with E-state index in [2.05, 4.69) is 22.0 Å². The molecule has 1 aliphatic heterocycles. The molecular weight excluding hydrogens is 234 g/mol. The Balaban J connectivity index is 1.62. The van der Waals surface area contributed by atoms with Crippen LogP contribution in [0.5, 0.6) is 0 Å². The number of pyridine rings is 1. The molecule has 0 bridgehead atoms. The fraction of sp³-hybridized carbons (Fsp3) is 0.688. The van der Waals surface area contributed by atoms with Gasteiger partial charge in [0.2, 0.25) is 0 Å². The van der Waals surface area contributed by atoms with E-state index in [4.69, 9.17) is 5.73 Å². The molecule has 3 nitrogen and oxygen atoms in total. The van der Waals surface area contributed by atoms with Crippen molar-refractivity contribution in [2.45, 2.75) is 51.5 Å². The first-order valence-electron chi connectivity index (χ1n) is 7.71. The van der Waals surface area contributed by atoms with Crippen LogP contribution in [0.25, 0.3) is 0 Å². The molecule has 1 aromatic heterocycles. The van der Waals surface area contributed by atoms with Crippen molar-refractivity contribution in [3.63, 3.8) is 0 Å². The quantitative estimate of drug-likeness (QED) is 0.887. The largest absolute Gasteiger partial charge is 0.370 e. The molecule has 1 saturated carbocycles. The van der Waals surface area contributed by atoms with E-state index in [-0.39, 0.29) is 0 Å².